The average Bonchev–Trinajstić information content (AvgIpc) is 2.94. The van der Waals surface area contributed by atoms with Gasteiger partial charge in [0.15, 0.2) is 0 Å². The van der Waals surface area contributed by atoms with Crippen molar-refractivity contribution in [1.29, 1.82) is 0 Å². The van der Waals surface area contributed by atoms with Gasteiger partial charge in [-0.25, -0.2) is 4.79 Å². The molecule has 3 atom stereocenters. The molecule has 0 radical (unpaired) electrons. The molecule has 39 heavy (non-hydrogen) atoms. The van der Waals surface area contributed by atoms with Gasteiger partial charge in [0.25, 0.3) is 0 Å². The van der Waals surface area contributed by atoms with Gasteiger partial charge >= 0.3 is 6.03 Å². The number of likely N-dealkylation sites (N-methyl/N-ethyl adjacent to an activating group) is 1. The molecule has 200 valence electrons. The minimum absolute atomic E-state index is 0.0898. The van der Waals surface area contributed by atoms with Crippen LogP contribution in [0.25, 0.3) is 0 Å². The van der Waals surface area contributed by atoms with Crippen molar-refractivity contribution in [2.45, 2.75) is 18.0 Å². The van der Waals surface area contributed by atoms with E-state index >= 15 is 0 Å². The van der Waals surface area contributed by atoms with E-state index in [0.717, 1.165) is 35.7 Å². The molecule has 1 saturated heterocycles. The van der Waals surface area contributed by atoms with E-state index in [0.29, 0.717) is 25.0 Å². The zero-order valence-electron chi connectivity index (χ0n) is 22.9. The largest absolute Gasteiger partial charge is 0.497 e. The van der Waals surface area contributed by atoms with Crippen LogP contribution in [-0.2, 0) is 0 Å². The molecule has 0 spiro atoms. The van der Waals surface area contributed by atoms with Gasteiger partial charge in [-0.15, -0.1) is 0 Å². The highest BCUT2D eigenvalue weighted by Crippen LogP contribution is 2.42. The van der Waals surface area contributed by atoms with Crippen LogP contribution in [0.1, 0.15) is 22.6 Å². The predicted molar refractivity (Wildman–Crippen MR) is 157 cm³/mol. The summed E-state index contributed by atoms with van der Waals surface area (Å²) in [5.41, 5.74) is 4.07. The number of rotatable bonds is 5. The van der Waals surface area contributed by atoms with E-state index in [1.54, 1.807) is 7.11 Å². The van der Waals surface area contributed by atoms with Crippen molar-refractivity contribution in [3.05, 3.63) is 108 Å². The van der Waals surface area contributed by atoms with Crippen LogP contribution in [0.15, 0.2) is 91.0 Å². The predicted octanol–water partition coefficient (Wildman–Crippen LogP) is 4.90. The second-order valence-corrected chi connectivity index (χ2v) is 10.4. The highest BCUT2D eigenvalue weighted by molar-refractivity contribution is 5.89. The lowest BCUT2D eigenvalue weighted by Crippen LogP contribution is -2.68. The SMILES string of the molecule is COc1ccc(NC(=O)N2C/C=C\CN3[C@H](CN(C)C)[C@H](c4ccc(C#Cc5ccccc5)cc4)[C@@H]3C2)cc1. The van der Waals surface area contributed by atoms with Gasteiger partial charge < -0.3 is 19.9 Å². The molecule has 1 fully saturated rings. The summed E-state index contributed by atoms with van der Waals surface area (Å²) in [7, 11) is 5.89. The Morgan fingerprint density at radius 2 is 1.59 bits per heavy atom. The molecular weight excluding hydrogens is 484 g/mol. The quantitative estimate of drug-likeness (QED) is 0.384. The number of amides is 2. The molecule has 6 nitrogen and oxygen atoms in total. The molecule has 0 bridgehead atoms. The summed E-state index contributed by atoms with van der Waals surface area (Å²) in [4.78, 5) is 20.0. The number of urea groups is 1. The van der Waals surface area contributed by atoms with Crippen LogP contribution in [-0.4, -0.2) is 80.2 Å². The van der Waals surface area contributed by atoms with Crippen LogP contribution < -0.4 is 10.1 Å². The highest BCUT2D eigenvalue weighted by Gasteiger charge is 2.49. The number of hydrogen-bond donors (Lipinski definition) is 1. The van der Waals surface area contributed by atoms with Crippen molar-refractivity contribution in [1.82, 2.24) is 14.7 Å². The summed E-state index contributed by atoms with van der Waals surface area (Å²) in [6.07, 6.45) is 4.30. The van der Waals surface area contributed by atoms with Crippen molar-refractivity contribution in [3.63, 3.8) is 0 Å². The number of carbonyl (C=O) groups excluding carboxylic acids is 1. The summed E-state index contributed by atoms with van der Waals surface area (Å²) < 4.78 is 5.24. The number of hydrogen-bond acceptors (Lipinski definition) is 4. The van der Waals surface area contributed by atoms with Crippen LogP contribution in [0.5, 0.6) is 5.75 Å². The first-order valence-corrected chi connectivity index (χ1v) is 13.4. The lowest BCUT2D eigenvalue weighted by atomic mass is 9.74. The Labute approximate surface area is 231 Å². The molecule has 6 heteroatoms. The second-order valence-electron chi connectivity index (χ2n) is 10.4. The highest BCUT2D eigenvalue weighted by atomic mass is 16.5. The van der Waals surface area contributed by atoms with Gasteiger partial charge in [-0.1, -0.05) is 54.3 Å². The molecule has 3 aromatic carbocycles. The molecule has 3 aromatic rings. The Kier molecular flexibility index (Phi) is 8.31. The Hall–Kier alpha value is -4.05. The fraction of sp³-hybridized carbons (Fsp3) is 0.303. The van der Waals surface area contributed by atoms with E-state index in [1.165, 1.54) is 5.56 Å². The molecule has 1 N–H and O–H groups in total. The second kappa shape index (κ2) is 12.2. The van der Waals surface area contributed by atoms with Crippen molar-refractivity contribution in [3.8, 4) is 17.6 Å². The summed E-state index contributed by atoms with van der Waals surface area (Å²) in [6, 6.07) is 26.7. The minimum atomic E-state index is -0.0898. The number of fused-ring (bicyclic) bond motifs is 1. The lowest BCUT2D eigenvalue weighted by molar-refractivity contribution is -0.0288. The van der Waals surface area contributed by atoms with Gasteiger partial charge in [-0.3, -0.25) is 4.90 Å². The van der Waals surface area contributed by atoms with E-state index in [9.17, 15) is 4.79 Å². The Morgan fingerprint density at radius 3 is 2.26 bits per heavy atom. The molecule has 2 heterocycles. The van der Waals surface area contributed by atoms with E-state index in [1.807, 2.05) is 59.5 Å². The first kappa shape index (κ1) is 26.6. The first-order valence-electron chi connectivity index (χ1n) is 13.4. The average molecular weight is 521 g/mol. The number of ether oxygens (including phenoxy) is 1. The monoisotopic (exact) mass is 520 g/mol. The number of benzene rings is 3. The Bertz CT molecular complexity index is 1340. The van der Waals surface area contributed by atoms with Gasteiger partial charge in [0.2, 0.25) is 0 Å². The summed E-state index contributed by atoms with van der Waals surface area (Å²) in [6.45, 7) is 3.11. The Morgan fingerprint density at radius 1 is 0.923 bits per heavy atom. The smallest absolute Gasteiger partial charge is 0.322 e. The van der Waals surface area contributed by atoms with Crippen LogP contribution in [0.4, 0.5) is 10.5 Å². The molecule has 0 unspecified atom stereocenters. The third-order valence-electron chi connectivity index (χ3n) is 7.50. The number of nitrogens with zero attached hydrogens (tertiary/aromatic N) is 3. The molecule has 0 aliphatic carbocycles. The van der Waals surface area contributed by atoms with Crippen LogP contribution >= 0.6 is 0 Å². The summed E-state index contributed by atoms with van der Waals surface area (Å²) >= 11 is 0. The topological polar surface area (TPSA) is 48.1 Å². The first-order chi connectivity index (χ1) is 19.0. The van der Waals surface area contributed by atoms with E-state index in [4.69, 9.17) is 4.74 Å². The lowest BCUT2D eigenvalue weighted by Gasteiger charge is -2.57. The fourth-order valence-corrected chi connectivity index (χ4v) is 5.54. The van der Waals surface area contributed by atoms with Crippen LogP contribution in [0.3, 0.4) is 0 Å². The molecule has 2 aliphatic rings. The molecule has 2 aliphatic heterocycles. The minimum Gasteiger partial charge on any atom is -0.497 e. The number of anilines is 1. The number of nitrogens with one attached hydrogen (secondary N) is 1. The third-order valence-corrected chi connectivity index (χ3v) is 7.50. The van der Waals surface area contributed by atoms with Gasteiger partial charge in [0.1, 0.15) is 5.75 Å². The molecular formula is C33H36N4O2. The van der Waals surface area contributed by atoms with E-state index in [2.05, 4.69) is 77.5 Å². The molecule has 0 aromatic heterocycles. The van der Waals surface area contributed by atoms with Crippen molar-refractivity contribution in [2.75, 3.05) is 52.7 Å². The Balaban J connectivity index is 1.34. The van der Waals surface area contributed by atoms with Crippen LogP contribution in [0.2, 0.25) is 0 Å². The maximum atomic E-state index is 13.3. The third kappa shape index (κ3) is 6.34. The van der Waals surface area contributed by atoms with Crippen molar-refractivity contribution in [2.24, 2.45) is 0 Å². The summed E-state index contributed by atoms with van der Waals surface area (Å²) in [5.74, 6) is 7.62. The zero-order chi connectivity index (χ0) is 27.2. The normalized spacial score (nSPS) is 21.4. The maximum Gasteiger partial charge on any atom is 0.322 e. The number of methoxy groups -OCH3 is 1. The van der Waals surface area contributed by atoms with Crippen molar-refractivity contribution < 1.29 is 9.53 Å². The van der Waals surface area contributed by atoms with Crippen LogP contribution in [0, 0.1) is 11.8 Å². The van der Waals surface area contributed by atoms with Gasteiger partial charge in [-0.05, 0) is 68.2 Å². The van der Waals surface area contributed by atoms with Gasteiger partial charge in [-0.2, -0.15) is 0 Å². The molecule has 2 amide bonds. The summed E-state index contributed by atoms with van der Waals surface area (Å²) in [5, 5.41) is 3.06. The van der Waals surface area contributed by atoms with E-state index in [-0.39, 0.29) is 12.1 Å². The fourth-order valence-electron chi connectivity index (χ4n) is 5.54. The molecule has 0 saturated carbocycles. The van der Waals surface area contributed by atoms with Gasteiger partial charge in [0.05, 0.1) is 7.11 Å². The standard InChI is InChI=1S/C33H36N4O2/c1-35(2)23-30-32(27-15-13-26(14-16-27)12-11-25-9-5-4-6-10-25)31-24-36(21-7-8-22-37(30)31)33(38)34-28-17-19-29(39-3)20-18-28/h4-10,13-20,30-32H,21-24H2,1-3H3,(H,34,38)/b8-7-/t30-,31+,32+/m1/s1. The van der Waals surface area contributed by atoms with Gasteiger partial charge in [0, 0.05) is 61.0 Å². The van der Waals surface area contributed by atoms with Crippen molar-refractivity contribution >= 4 is 11.7 Å². The number of carbonyl (C=O) groups is 1. The maximum absolute atomic E-state index is 13.3. The zero-order valence-corrected chi connectivity index (χ0v) is 22.9. The molecule has 5 rings (SSSR count). The van der Waals surface area contributed by atoms with E-state index < -0.39 is 0 Å².